The third-order valence-electron chi connectivity index (χ3n) is 2.24. The lowest BCUT2D eigenvalue weighted by Crippen LogP contribution is -2.12. The number of nitrogens with zero attached hydrogens (tertiary/aromatic N) is 1. The van der Waals surface area contributed by atoms with E-state index in [1.165, 1.54) is 12.1 Å². The quantitative estimate of drug-likeness (QED) is 0.314. The summed E-state index contributed by atoms with van der Waals surface area (Å²) in [6, 6.07) is 4.32. The van der Waals surface area contributed by atoms with Crippen LogP contribution in [0.4, 0.5) is 17.1 Å². The lowest BCUT2D eigenvalue weighted by Gasteiger charge is -2.09. The molecule has 0 heterocycles. The molecular weight excluding hydrogens is 238 g/mol. The molecule has 1 rings (SSSR count). The van der Waals surface area contributed by atoms with Crippen molar-refractivity contribution < 1.29 is 14.4 Å². The number of nitrogens with two attached hydrogens (primary N) is 1. The minimum absolute atomic E-state index is 0.0191. The van der Waals surface area contributed by atoms with E-state index in [0.29, 0.717) is 37.7 Å². The molecule has 0 amide bonds. The van der Waals surface area contributed by atoms with Crippen LogP contribution in [0.15, 0.2) is 18.2 Å². The molecule has 0 atom stereocenters. The zero-order chi connectivity index (χ0) is 13.4. The first-order chi connectivity index (χ1) is 8.65. The van der Waals surface area contributed by atoms with Gasteiger partial charge in [0.25, 0.3) is 5.69 Å². The van der Waals surface area contributed by atoms with Gasteiger partial charge in [0, 0.05) is 25.8 Å². The van der Waals surface area contributed by atoms with Gasteiger partial charge in [-0.2, -0.15) is 0 Å². The Kier molecular flexibility index (Phi) is 5.89. The highest BCUT2D eigenvalue weighted by molar-refractivity contribution is 5.69. The fraction of sp³-hybridized carbons (Fsp3) is 0.455. The summed E-state index contributed by atoms with van der Waals surface area (Å²) in [5, 5.41) is 13.6. The Bertz CT molecular complexity index is 398. The van der Waals surface area contributed by atoms with E-state index in [0.717, 1.165) is 0 Å². The van der Waals surface area contributed by atoms with Crippen LogP contribution in [0.2, 0.25) is 0 Å². The fourth-order valence-corrected chi connectivity index (χ4v) is 1.33. The molecule has 3 N–H and O–H groups in total. The third-order valence-corrected chi connectivity index (χ3v) is 2.24. The van der Waals surface area contributed by atoms with Crippen molar-refractivity contribution in [2.45, 2.75) is 0 Å². The molecule has 1 aromatic carbocycles. The molecule has 0 aromatic heterocycles. The largest absolute Gasteiger partial charge is 0.397 e. The minimum atomic E-state index is -0.478. The maximum Gasteiger partial charge on any atom is 0.271 e. The second-order valence-electron chi connectivity index (χ2n) is 3.56. The van der Waals surface area contributed by atoms with Crippen molar-refractivity contribution >= 4 is 17.1 Å². The van der Waals surface area contributed by atoms with Gasteiger partial charge in [0.1, 0.15) is 0 Å². The van der Waals surface area contributed by atoms with Crippen LogP contribution in [0.1, 0.15) is 0 Å². The van der Waals surface area contributed by atoms with Gasteiger partial charge in [-0.3, -0.25) is 10.1 Å². The van der Waals surface area contributed by atoms with Crippen LogP contribution in [0.5, 0.6) is 0 Å². The molecule has 0 spiro atoms. The van der Waals surface area contributed by atoms with E-state index < -0.39 is 4.92 Å². The second-order valence-corrected chi connectivity index (χ2v) is 3.56. The Labute approximate surface area is 105 Å². The lowest BCUT2D eigenvalue weighted by atomic mass is 10.2. The Morgan fingerprint density at radius 1 is 1.39 bits per heavy atom. The van der Waals surface area contributed by atoms with Gasteiger partial charge in [-0.25, -0.2) is 0 Å². The summed E-state index contributed by atoms with van der Waals surface area (Å²) in [6.45, 7) is 2.18. The first kappa shape index (κ1) is 14.2. The van der Waals surface area contributed by atoms with Crippen molar-refractivity contribution in [3.05, 3.63) is 28.3 Å². The van der Waals surface area contributed by atoms with Gasteiger partial charge in [-0.15, -0.1) is 0 Å². The number of benzene rings is 1. The maximum absolute atomic E-state index is 10.5. The molecule has 0 radical (unpaired) electrons. The molecule has 0 bridgehead atoms. The summed E-state index contributed by atoms with van der Waals surface area (Å²) in [7, 11) is 1.61. The number of non-ortho nitro benzene ring substituents is 1. The van der Waals surface area contributed by atoms with E-state index in [4.69, 9.17) is 15.2 Å². The summed E-state index contributed by atoms with van der Waals surface area (Å²) in [4.78, 5) is 10.0. The van der Waals surface area contributed by atoms with E-state index in [-0.39, 0.29) is 5.69 Å². The van der Waals surface area contributed by atoms with E-state index in [2.05, 4.69) is 5.32 Å². The first-order valence-electron chi connectivity index (χ1n) is 5.49. The lowest BCUT2D eigenvalue weighted by molar-refractivity contribution is -0.384. The monoisotopic (exact) mass is 255 g/mol. The Morgan fingerprint density at radius 3 is 2.78 bits per heavy atom. The highest BCUT2D eigenvalue weighted by Crippen LogP contribution is 2.23. The van der Waals surface area contributed by atoms with Crippen molar-refractivity contribution in [3.8, 4) is 0 Å². The van der Waals surface area contributed by atoms with Crippen LogP contribution in [0, 0.1) is 10.1 Å². The molecule has 0 unspecified atom stereocenters. The molecule has 0 aliphatic carbocycles. The molecule has 7 heteroatoms. The van der Waals surface area contributed by atoms with Gasteiger partial charge >= 0.3 is 0 Å². The Morgan fingerprint density at radius 2 is 2.17 bits per heavy atom. The second kappa shape index (κ2) is 7.46. The number of nitro groups is 1. The number of nitrogens with one attached hydrogen (secondary N) is 1. The molecular formula is C11H17N3O4. The topological polar surface area (TPSA) is 99.6 Å². The van der Waals surface area contributed by atoms with Crippen LogP contribution in [0.3, 0.4) is 0 Å². The molecule has 1 aromatic rings. The normalized spacial score (nSPS) is 10.3. The van der Waals surface area contributed by atoms with E-state index in [1.807, 2.05) is 0 Å². The average Bonchev–Trinajstić information content (AvgIpc) is 2.35. The Balaban J connectivity index is 2.36. The number of nitro benzene ring substituents is 1. The number of methoxy groups -OCH3 is 1. The van der Waals surface area contributed by atoms with Gasteiger partial charge < -0.3 is 20.5 Å². The molecule has 0 aliphatic heterocycles. The minimum Gasteiger partial charge on any atom is -0.397 e. The number of nitrogen functional groups attached to an aromatic ring is 1. The molecule has 0 aliphatic rings. The number of hydrogen-bond donors (Lipinski definition) is 2. The Hall–Kier alpha value is -1.86. The van der Waals surface area contributed by atoms with Crippen molar-refractivity contribution in [2.24, 2.45) is 0 Å². The first-order valence-corrected chi connectivity index (χ1v) is 5.49. The van der Waals surface area contributed by atoms with Gasteiger partial charge in [-0.1, -0.05) is 0 Å². The predicted molar refractivity (Wildman–Crippen MR) is 68.7 cm³/mol. The zero-order valence-electron chi connectivity index (χ0n) is 10.2. The van der Waals surface area contributed by atoms with Crippen LogP contribution in [-0.2, 0) is 9.47 Å². The molecule has 0 saturated carbocycles. The zero-order valence-corrected chi connectivity index (χ0v) is 10.2. The standard InChI is InChI=1S/C11H17N3O4/c1-17-6-7-18-5-4-13-11-3-2-9(14(15)16)8-10(11)12/h2-3,8,13H,4-7,12H2,1H3. The molecule has 18 heavy (non-hydrogen) atoms. The van der Waals surface area contributed by atoms with Crippen LogP contribution < -0.4 is 11.1 Å². The summed E-state index contributed by atoms with van der Waals surface area (Å²) in [5.74, 6) is 0. The van der Waals surface area contributed by atoms with Gasteiger partial charge in [0.05, 0.1) is 36.1 Å². The maximum atomic E-state index is 10.5. The smallest absolute Gasteiger partial charge is 0.271 e. The highest BCUT2D eigenvalue weighted by Gasteiger charge is 2.07. The number of rotatable bonds is 8. The van der Waals surface area contributed by atoms with Gasteiger partial charge in [0.15, 0.2) is 0 Å². The number of hydrogen-bond acceptors (Lipinski definition) is 6. The number of ether oxygens (including phenoxy) is 2. The van der Waals surface area contributed by atoms with Crippen molar-refractivity contribution in [3.63, 3.8) is 0 Å². The van der Waals surface area contributed by atoms with Gasteiger partial charge in [-0.05, 0) is 6.07 Å². The van der Waals surface area contributed by atoms with Crippen LogP contribution in [-0.4, -0.2) is 38.4 Å². The summed E-state index contributed by atoms with van der Waals surface area (Å²) < 4.78 is 10.1. The molecule has 0 fully saturated rings. The molecule has 0 saturated heterocycles. The SMILES string of the molecule is COCCOCCNc1ccc([N+](=O)[O-])cc1N. The summed E-state index contributed by atoms with van der Waals surface area (Å²) in [6.07, 6.45) is 0. The van der Waals surface area contributed by atoms with Crippen molar-refractivity contribution in [1.29, 1.82) is 0 Å². The summed E-state index contributed by atoms with van der Waals surface area (Å²) in [5.41, 5.74) is 6.69. The molecule has 7 nitrogen and oxygen atoms in total. The van der Waals surface area contributed by atoms with Crippen LogP contribution >= 0.6 is 0 Å². The fourth-order valence-electron chi connectivity index (χ4n) is 1.33. The van der Waals surface area contributed by atoms with Crippen molar-refractivity contribution in [1.82, 2.24) is 0 Å². The van der Waals surface area contributed by atoms with E-state index >= 15 is 0 Å². The predicted octanol–water partition coefficient (Wildman–Crippen LogP) is 1.25. The van der Waals surface area contributed by atoms with Gasteiger partial charge in [0.2, 0.25) is 0 Å². The number of anilines is 2. The summed E-state index contributed by atoms with van der Waals surface area (Å²) >= 11 is 0. The van der Waals surface area contributed by atoms with E-state index in [9.17, 15) is 10.1 Å². The van der Waals surface area contributed by atoms with E-state index in [1.54, 1.807) is 13.2 Å². The molecule has 100 valence electrons. The highest BCUT2D eigenvalue weighted by atomic mass is 16.6. The average molecular weight is 255 g/mol. The van der Waals surface area contributed by atoms with Crippen molar-refractivity contribution in [2.75, 3.05) is 44.5 Å². The van der Waals surface area contributed by atoms with Crippen LogP contribution in [0.25, 0.3) is 0 Å². The third kappa shape index (κ3) is 4.56.